The molecule has 0 bridgehead atoms. The van der Waals surface area contributed by atoms with Gasteiger partial charge < -0.3 is 5.32 Å². The van der Waals surface area contributed by atoms with Crippen molar-refractivity contribution in [1.82, 2.24) is 10.6 Å². The summed E-state index contributed by atoms with van der Waals surface area (Å²) in [4.78, 5) is 15.6. The van der Waals surface area contributed by atoms with E-state index < -0.39 is 0 Å². The molecule has 2 N–H and O–H groups in total. The standard InChI is InChI=1S/C12H13N3O/c1-2-7-3-4-9-8(5-7)6-10-11(13-9)15-12(16)14-10/h3-5,10H,2,6H2,1H3,(H2,13,14,15,16). The topological polar surface area (TPSA) is 53.5 Å². The Bertz CT molecular complexity index is 493. The van der Waals surface area contributed by atoms with E-state index in [2.05, 4.69) is 34.7 Å². The number of amidine groups is 1. The molecule has 4 nitrogen and oxygen atoms in total. The molecule has 2 aliphatic rings. The van der Waals surface area contributed by atoms with E-state index in [0.29, 0.717) is 0 Å². The minimum Gasteiger partial charge on any atom is -0.328 e. The number of rotatable bonds is 1. The molecule has 82 valence electrons. The molecule has 1 aromatic carbocycles. The van der Waals surface area contributed by atoms with Crippen molar-refractivity contribution < 1.29 is 4.79 Å². The molecular formula is C12H13N3O. The lowest BCUT2D eigenvalue weighted by atomic mass is 9.98. The molecule has 16 heavy (non-hydrogen) atoms. The molecule has 2 aliphatic heterocycles. The van der Waals surface area contributed by atoms with Gasteiger partial charge in [0.05, 0.1) is 11.7 Å². The Labute approximate surface area is 93.8 Å². The average molecular weight is 215 g/mol. The lowest BCUT2D eigenvalue weighted by molar-refractivity contribution is 0.248. The number of aliphatic imine (C=N–C) groups is 1. The lowest BCUT2D eigenvalue weighted by Crippen LogP contribution is -2.33. The van der Waals surface area contributed by atoms with E-state index in [0.717, 1.165) is 24.4 Å². The SMILES string of the molecule is CCc1ccc2c(c1)CC1NC(=O)NC1=N2. The highest BCUT2D eigenvalue weighted by atomic mass is 16.2. The van der Waals surface area contributed by atoms with Gasteiger partial charge in [0.15, 0.2) is 0 Å². The molecule has 4 heteroatoms. The third-order valence-electron chi connectivity index (χ3n) is 3.09. The molecule has 1 saturated heterocycles. The maximum atomic E-state index is 11.2. The molecular weight excluding hydrogens is 202 g/mol. The van der Waals surface area contributed by atoms with Crippen LogP contribution in [0.15, 0.2) is 23.2 Å². The van der Waals surface area contributed by atoms with Gasteiger partial charge in [-0.15, -0.1) is 0 Å². The Balaban J connectivity index is 2.01. The Kier molecular flexibility index (Phi) is 1.96. The van der Waals surface area contributed by atoms with E-state index in [1.165, 1.54) is 11.1 Å². The van der Waals surface area contributed by atoms with Gasteiger partial charge in [0.25, 0.3) is 0 Å². The highest BCUT2D eigenvalue weighted by Gasteiger charge is 2.31. The van der Waals surface area contributed by atoms with Crippen LogP contribution in [-0.2, 0) is 12.8 Å². The number of hydrogen-bond donors (Lipinski definition) is 2. The second-order valence-electron chi connectivity index (χ2n) is 4.17. The van der Waals surface area contributed by atoms with Crippen LogP contribution in [0.5, 0.6) is 0 Å². The number of benzene rings is 1. The minimum absolute atomic E-state index is 0.0344. The monoisotopic (exact) mass is 215 g/mol. The van der Waals surface area contributed by atoms with E-state index in [4.69, 9.17) is 0 Å². The zero-order chi connectivity index (χ0) is 11.1. The van der Waals surface area contributed by atoms with E-state index >= 15 is 0 Å². The van der Waals surface area contributed by atoms with Crippen LogP contribution in [0.3, 0.4) is 0 Å². The highest BCUT2D eigenvalue weighted by molar-refractivity contribution is 6.09. The largest absolute Gasteiger partial charge is 0.328 e. The van der Waals surface area contributed by atoms with Crippen molar-refractivity contribution in [1.29, 1.82) is 0 Å². The number of amides is 2. The summed E-state index contributed by atoms with van der Waals surface area (Å²) in [6.45, 7) is 2.14. The number of urea groups is 1. The maximum absolute atomic E-state index is 11.2. The predicted octanol–water partition coefficient (Wildman–Crippen LogP) is 1.52. The third-order valence-corrected chi connectivity index (χ3v) is 3.09. The van der Waals surface area contributed by atoms with Gasteiger partial charge in [0.2, 0.25) is 0 Å². The fraction of sp³-hybridized carbons (Fsp3) is 0.333. The van der Waals surface area contributed by atoms with E-state index in [-0.39, 0.29) is 12.1 Å². The first-order valence-electron chi connectivity index (χ1n) is 5.54. The Morgan fingerprint density at radius 1 is 1.50 bits per heavy atom. The van der Waals surface area contributed by atoms with Crippen LogP contribution in [0.4, 0.5) is 10.5 Å². The van der Waals surface area contributed by atoms with Crippen molar-refractivity contribution in [2.24, 2.45) is 4.99 Å². The number of aryl methyl sites for hydroxylation is 1. The van der Waals surface area contributed by atoms with Crippen LogP contribution >= 0.6 is 0 Å². The van der Waals surface area contributed by atoms with Crippen LogP contribution in [0.25, 0.3) is 0 Å². The van der Waals surface area contributed by atoms with Crippen LogP contribution in [0, 0.1) is 0 Å². The number of hydrogen-bond acceptors (Lipinski definition) is 2. The summed E-state index contributed by atoms with van der Waals surface area (Å²) in [5.74, 6) is 0.752. The molecule has 0 aliphatic carbocycles. The van der Waals surface area contributed by atoms with Crippen molar-refractivity contribution in [2.75, 3.05) is 0 Å². The van der Waals surface area contributed by atoms with Gasteiger partial charge in [-0.3, -0.25) is 5.32 Å². The Morgan fingerprint density at radius 3 is 3.19 bits per heavy atom. The lowest BCUT2D eigenvalue weighted by Gasteiger charge is -2.18. The molecule has 0 radical (unpaired) electrons. The maximum Gasteiger partial charge on any atom is 0.320 e. The van der Waals surface area contributed by atoms with Gasteiger partial charge >= 0.3 is 6.03 Å². The van der Waals surface area contributed by atoms with E-state index in [1.807, 2.05) is 6.07 Å². The first kappa shape index (κ1) is 9.39. The molecule has 0 saturated carbocycles. The summed E-state index contributed by atoms with van der Waals surface area (Å²) < 4.78 is 0. The number of carbonyl (C=O) groups excluding carboxylic acids is 1. The first-order chi connectivity index (χ1) is 7.76. The van der Waals surface area contributed by atoms with Gasteiger partial charge in [0, 0.05) is 6.42 Å². The summed E-state index contributed by atoms with van der Waals surface area (Å²) in [6, 6.07) is 6.19. The smallest absolute Gasteiger partial charge is 0.320 e. The van der Waals surface area contributed by atoms with Gasteiger partial charge in [-0.05, 0) is 23.6 Å². The summed E-state index contributed by atoms with van der Waals surface area (Å²) >= 11 is 0. The van der Waals surface area contributed by atoms with Gasteiger partial charge in [0.1, 0.15) is 5.84 Å². The summed E-state index contributed by atoms with van der Waals surface area (Å²) in [5, 5.41) is 5.58. The van der Waals surface area contributed by atoms with Crippen LogP contribution in [0.2, 0.25) is 0 Å². The van der Waals surface area contributed by atoms with Crippen molar-refractivity contribution in [3.05, 3.63) is 29.3 Å². The summed E-state index contributed by atoms with van der Waals surface area (Å²) in [6.07, 6.45) is 1.86. The van der Waals surface area contributed by atoms with Crippen LogP contribution < -0.4 is 10.6 Å². The van der Waals surface area contributed by atoms with Crippen molar-refractivity contribution in [3.63, 3.8) is 0 Å². The minimum atomic E-state index is -0.146. The average Bonchev–Trinajstić information content (AvgIpc) is 2.64. The van der Waals surface area contributed by atoms with E-state index in [1.54, 1.807) is 0 Å². The van der Waals surface area contributed by atoms with E-state index in [9.17, 15) is 4.79 Å². The molecule has 1 aromatic rings. The normalized spacial score (nSPS) is 21.7. The molecule has 1 unspecified atom stereocenters. The number of fused-ring (bicyclic) bond motifs is 2. The van der Waals surface area contributed by atoms with Gasteiger partial charge in [-0.25, -0.2) is 9.79 Å². The van der Waals surface area contributed by atoms with Crippen molar-refractivity contribution in [3.8, 4) is 0 Å². The number of nitrogens with one attached hydrogen (secondary N) is 2. The number of nitrogens with zero attached hydrogens (tertiary/aromatic N) is 1. The molecule has 3 rings (SSSR count). The first-order valence-corrected chi connectivity index (χ1v) is 5.54. The number of carbonyl (C=O) groups is 1. The molecule has 0 aromatic heterocycles. The Hall–Kier alpha value is -1.84. The Morgan fingerprint density at radius 2 is 2.38 bits per heavy atom. The predicted molar refractivity (Wildman–Crippen MR) is 62.1 cm³/mol. The molecule has 0 spiro atoms. The second-order valence-corrected chi connectivity index (χ2v) is 4.17. The quantitative estimate of drug-likeness (QED) is 0.733. The summed E-state index contributed by atoms with van der Waals surface area (Å²) in [5.41, 5.74) is 3.51. The fourth-order valence-electron chi connectivity index (χ4n) is 2.20. The zero-order valence-corrected chi connectivity index (χ0v) is 9.08. The summed E-state index contributed by atoms with van der Waals surface area (Å²) in [7, 11) is 0. The molecule has 2 heterocycles. The van der Waals surface area contributed by atoms with Crippen molar-refractivity contribution in [2.45, 2.75) is 25.8 Å². The zero-order valence-electron chi connectivity index (χ0n) is 9.08. The molecule has 2 amide bonds. The molecule has 1 fully saturated rings. The third kappa shape index (κ3) is 1.38. The van der Waals surface area contributed by atoms with Crippen LogP contribution in [-0.4, -0.2) is 17.9 Å². The van der Waals surface area contributed by atoms with Crippen LogP contribution in [0.1, 0.15) is 18.1 Å². The van der Waals surface area contributed by atoms with Gasteiger partial charge in [-0.2, -0.15) is 0 Å². The highest BCUT2D eigenvalue weighted by Crippen LogP contribution is 2.27. The van der Waals surface area contributed by atoms with Crippen molar-refractivity contribution >= 4 is 17.6 Å². The molecule has 1 atom stereocenters. The fourth-order valence-corrected chi connectivity index (χ4v) is 2.20. The second kappa shape index (κ2) is 3.33. The van der Waals surface area contributed by atoms with Gasteiger partial charge in [-0.1, -0.05) is 19.1 Å².